The third-order valence-corrected chi connectivity index (χ3v) is 3.57. The van der Waals surface area contributed by atoms with E-state index in [-0.39, 0.29) is 25.2 Å². The molecule has 21 heavy (non-hydrogen) atoms. The number of carbonyl (C=O) groups excluding carboxylic acids is 1. The van der Waals surface area contributed by atoms with Gasteiger partial charge in [0.2, 0.25) is 0 Å². The van der Waals surface area contributed by atoms with Crippen molar-refractivity contribution in [2.75, 3.05) is 19.8 Å². The quantitative estimate of drug-likeness (QED) is 0.786. The standard InChI is InChI=1S/C16H20N2O3/c19-10-2-1-4-13-7-8-15(17-12-13)16(21)18(9-11-20)14-5-3-6-14/h7-8,12,14,19-20H,2-3,5-6,9-11H2. The van der Waals surface area contributed by atoms with Crippen LogP contribution in [0, 0.1) is 11.8 Å². The summed E-state index contributed by atoms with van der Waals surface area (Å²) in [5.74, 6) is 5.55. The Bertz CT molecular complexity index is 527. The summed E-state index contributed by atoms with van der Waals surface area (Å²) in [6.45, 7) is 0.352. The maximum Gasteiger partial charge on any atom is 0.272 e. The molecule has 0 unspecified atom stereocenters. The lowest BCUT2D eigenvalue weighted by Gasteiger charge is -2.37. The molecule has 1 amide bonds. The molecule has 1 saturated carbocycles. The van der Waals surface area contributed by atoms with Gasteiger partial charge in [-0.3, -0.25) is 4.79 Å². The number of carbonyl (C=O) groups is 1. The number of aliphatic hydroxyl groups is 2. The second-order valence-corrected chi connectivity index (χ2v) is 5.01. The molecule has 1 aliphatic carbocycles. The van der Waals surface area contributed by atoms with Gasteiger partial charge in [0.05, 0.1) is 13.2 Å². The van der Waals surface area contributed by atoms with E-state index in [0.717, 1.165) is 24.8 Å². The van der Waals surface area contributed by atoms with Gasteiger partial charge in [0.1, 0.15) is 5.69 Å². The van der Waals surface area contributed by atoms with Gasteiger partial charge in [-0.15, -0.1) is 0 Å². The molecule has 2 N–H and O–H groups in total. The van der Waals surface area contributed by atoms with Crippen LogP contribution in [0.1, 0.15) is 41.7 Å². The molecule has 1 aliphatic rings. The highest BCUT2D eigenvalue weighted by molar-refractivity contribution is 5.92. The SMILES string of the molecule is O=C(c1ccc(C#CCCO)cn1)N(CCO)C1CCC1. The summed E-state index contributed by atoms with van der Waals surface area (Å²) in [4.78, 5) is 18.3. The molecule has 112 valence electrons. The molecule has 5 nitrogen and oxygen atoms in total. The van der Waals surface area contributed by atoms with E-state index < -0.39 is 0 Å². The van der Waals surface area contributed by atoms with Gasteiger partial charge in [0.25, 0.3) is 5.91 Å². The number of nitrogens with zero attached hydrogens (tertiary/aromatic N) is 2. The molecule has 0 saturated heterocycles. The van der Waals surface area contributed by atoms with Crippen molar-refractivity contribution < 1.29 is 15.0 Å². The van der Waals surface area contributed by atoms with E-state index in [1.54, 1.807) is 23.2 Å². The van der Waals surface area contributed by atoms with Crippen LogP contribution in [-0.4, -0.2) is 51.8 Å². The Balaban J connectivity index is 2.06. The van der Waals surface area contributed by atoms with Crippen molar-refractivity contribution in [3.05, 3.63) is 29.6 Å². The largest absolute Gasteiger partial charge is 0.395 e. The molecule has 0 atom stereocenters. The summed E-state index contributed by atoms with van der Waals surface area (Å²) in [6, 6.07) is 3.65. The van der Waals surface area contributed by atoms with E-state index in [0.29, 0.717) is 18.7 Å². The Hall–Kier alpha value is -1.90. The highest BCUT2D eigenvalue weighted by Gasteiger charge is 2.29. The minimum atomic E-state index is -0.136. The fourth-order valence-electron chi connectivity index (χ4n) is 2.22. The summed E-state index contributed by atoms with van der Waals surface area (Å²) in [6.07, 6.45) is 5.11. The lowest BCUT2D eigenvalue weighted by atomic mass is 9.91. The van der Waals surface area contributed by atoms with E-state index in [1.807, 2.05) is 0 Å². The highest BCUT2D eigenvalue weighted by Crippen LogP contribution is 2.25. The Labute approximate surface area is 124 Å². The number of aliphatic hydroxyl groups excluding tert-OH is 2. The second kappa shape index (κ2) is 7.77. The summed E-state index contributed by atoms with van der Waals surface area (Å²) in [7, 11) is 0. The van der Waals surface area contributed by atoms with Crippen LogP contribution in [0.5, 0.6) is 0 Å². The third-order valence-electron chi connectivity index (χ3n) is 3.57. The number of hydrogen-bond donors (Lipinski definition) is 2. The first-order valence-electron chi connectivity index (χ1n) is 7.24. The van der Waals surface area contributed by atoms with Crippen LogP contribution in [0.3, 0.4) is 0 Å². The number of amides is 1. The van der Waals surface area contributed by atoms with Gasteiger partial charge in [-0.1, -0.05) is 11.8 Å². The number of rotatable bonds is 5. The minimum Gasteiger partial charge on any atom is -0.395 e. The molecule has 5 heteroatoms. The number of pyridine rings is 1. The second-order valence-electron chi connectivity index (χ2n) is 5.01. The van der Waals surface area contributed by atoms with Gasteiger partial charge in [-0.2, -0.15) is 0 Å². The molecule has 0 aromatic carbocycles. The number of hydrogen-bond acceptors (Lipinski definition) is 4. The van der Waals surface area contributed by atoms with Gasteiger partial charge >= 0.3 is 0 Å². The Morgan fingerprint density at radius 1 is 1.33 bits per heavy atom. The topological polar surface area (TPSA) is 73.7 Å². The van der Waals surface area contributed by atoms with Crippen molar-refractivity contribution in [1.82, 2.24) is 9.88 Å². The van der Waals surface area contributed by atoms with Crippen LogP contribution in [0.25, 0.3) is 0 Å². The van der Waals surface area contributed by atoms with Gasteiger partial charge in [0, 0.05) is 30.8 Å². The average molecular weight is 288 g/mol. The molecule has 1 aromatic heterocycles. The van der Waals surface area contributed by atoms with Gasteiger partial charge in [-0.05, 0) is 31.4 Å². The van der Waals surface area contributed by atoms with E-state index in [2.05, 4.69) is 16.8 Å². The molecule has 0 radical (unpaired) electrons. The fraction of sp³-hybridized carbons (Fsp3) is 0.500. The summed E-state index contributed by atoms with van der Waals surface area (Å²) >= 11 is 0. The monoisotopic (exact) mass is 288 g/mol. The smallest absolute Gasteiger partial charge is 0.272 e. The summed E-state index contributed by atoms with van der Waals surface area (Å²) in [5.41, 5.74) is 1.10. The first-order valence-corrected chi connectivity index (χ1v) is 7.24. The van der Waals surface area contributed by atoms with E-state index in [9.17, 15) is 4.79 Å². The lowest BCUT2D eigenvalue weighted by molar-refractivity contribution is 0.0520. The van der Waals surface area contributed by atoms with Crippen LogP contribution in [0.2, 0.25) is 0 Å². The minimum absolute atomic E-state index is 0.0348. The zero-order valence-electron chi connectivity index (χ0n) is 12.0. The first-order chi connectivity index (χ1) is 10.3. The van der Waals surface area contributed by atoms with E-state index in [1.165, 1.54) is 0 Å². The van der Waals surface area contributed by atoms with Gasteiger partial charge in [-0.25, -0.2) is 4.98 Å². The fourth-order valence-corrected chi connectivity index (χ4v) is 2.22. The van der Waals surface area contributed by atoms with Crippen molar-refractivity contribution in [3.63, 3.8) is 0 Å². The molecule has 0 aliphatic heterocycles. The number of aromatic nitrogens is 1. The molecule has 1 aromatic rings. The van der Waals surface area contributed by atoms with Crippen LogP contribution in [0.15, 0.2) is 18.3 Å². The van der Waals surface area contributed by atoms with E-state index in [4.69, 9.17) is 10.2 Å². The molecular weight excluding hydrogens is 268 g/mol. The predicted octanol–water partition coefficient (Wildman–Crippen LogP) is 0.802. The van der Waals surface area contributed by atoms with Crippen LogP contribution >= 0.6 is 0 Å². The third kappa shape index (κ3) is 4.03. The normalized spacial score (nSPS) is 14.0. The van der Waals surface area contributed by atoms with Crippen LogP contribution < -0.4 is 0 Å². The first kappa shape index (κ1) is 15.5. The van der Waals surface area contributed by atoms with Crippen LogP contribution in [-0.2, 0) is 0 Å². The molecule has 1 heterocycles. The highest BCUT2D eigenvalue weighted by atomic mass is 16.3. The van der Waals surface area contributed by atoms with Crippen molar-refractivity contribution in [2.24, 2.45) is 0 Å². The van der Waals surface area contributed by atoms with Gasteiger partial charge < -0.3 is 15.1 Å². The maximum atomic E-state index is 12.4. The predicted molar refractivity (Wildman–Crippen MR) is 78.6 cm³/mol. The molecule has 1 fully saturated rings. The van der Waals surface area contributed by atoms with Gasteiger partial charge in [0.15, 0.2) is 0 Å². The van der Waals surface area contributed by atoms with E-state index >= 15 is 0 Å². The van der Waals surface area contributed by atoms with Crippen molar-refractivity contribution in [2.45, 2.75) is 31.7 Å². The van der Waals surface area contributed by atoms with Crippen molar-refractivity contribution >= 4 is 5.91 Å². The van der Waals surface area contributed by atoms with Crippen molar-refractivity contribution in [1.29, 1.82) is 0 Å². The molecule has 0 spiro atoms. The molecular formula is C16H20N2O3. The zero-order chi connectivity index (χ0) is 15.1. The van der Waals surface area contributed by atoms with Crippen molar-refractivity contribution in [3.8, 4) is 11.8 Å². The summed E-state index contributed by atoms with van der Waals surface area (Å²) in [5, 5.41) is 17.8. The van der Waals surface area contributed by atoms with Crippen LogP contribution in [0.4, 0.5) is 0 Å². The summed E-state index contributed by atoms with van der Waals surface area (Å²) < 4.78 is 0. The zero-order valence-corrected chi connectivity index (χ0v) is 12.0. The molecule has 0 bridgehead atoms. The Morgan fingerprint density at radius 3 is 2.67 bits per heavy atom. The average Bonchev–Trinajstić information content (AvgIpc) is 2.45. The Kier molecular flexibility index (Phi) is 5.73. The Morgan fingerprint density at radius 2 is 2.14 bits per heavy atom. The lowest BCUT2D eigenvalue weighted by Crippen LogP contribution is -2.45. The maximum absolute atomic E-state index is 12.4. The molecule has 2 rings (SSSR count).